The van der Waals surface area contributed by atoms with Crippen LogP contribution < -0.4 is 0 Å². The number of aromatic nitrogens is 2. The third-order valence-corrected chi connectivity index (χ3v) is 3.95. The van der Waals surface area contributed by atoms with Crippen LogP contribution in [0, 0.1) is 0 Å². The van der Waals surface area contributed by atoms with Crippen molar-refractivity contribution in [3.05, 3.63) is 40.8 Å². The summed E-state index contributed by atoms with van der Waals surface area (Å²) in [7, 11) is 0. The maximum atomic E-state index is 4.78. The van der Waals surface area contributed by atoms with Crippen LogP contribution in [0.1, 0.15) is 31.5 Å². The van der Waals surface area contributed by atoms with E-state index in [-0.39, 0.29) is 0 Å². The number of hydrogen-bond donors (Lipinski definition) is 0. The highest BCUT2D eigenvalue weighted by Crippen LogP contribution is 2.29. The summed E-state index contributed by atoms with van der Waals surface area (Å²) in [6.45, 7) is 3.38. The van der Waals surface area contributed by atoms with Gasteiger partial charge in [0.25, 0.3) is 0 Å². The number of fused-ring (bicyclic) bond motifs is 1. The lowest BCUT2D eigenvalue weighted by Crippen LogP contribution is -2.12. The van der Waals surface area contributed by atoms with Crippen LogP contribution in [0.4, 0.5) is 0 Å². The van der Waals surface area contributed by atoms with E-state index in [1.807, 2.05) is 0 Å². The first kappa shape index (κ1) is 11.0. The number of aryl methyl sites for hydroxylation is 1. The van der Waals surface area contributed by atoms with Gasteiger partial charge in [-0.25, -0.2) is 4.98 Å². The Kier molecular flexibility index (Phi) is 2.79. The van der Waals surface area contributed by atoms with E-state index in [0.29, 0.717) is 5.92 Å². The van der Waals surface area contributed by atoms with Gasteiger partial charge in [-0.3, -0.25) is 0 Å². The van der Waals surface area contributed by atoms with Crippen LogP contribution >= 0.6 is 15.9 Å². The average Bonchev–Trinajstić information content (AvgIpc) is 2.75. The van der Waals surface area contributed by atoms with E-state index in [0.717, 1.165) is 16.7 Å². The molecular weight excluding hydrogens is 276 g/mol. The van der Waals surface area contributed by atoms with E-state index in [1.165, 1.54) is 24.2 Å². The summed E-state index contributed by atoms with van der Waals surface area (Å²) in [6, 6.07) is 8.36. The minimum Gasteiger partial charge on any atom is -0.334 e. The third-order valence-electron chi connectivity index (χ3n) is 3.42. The van der Waals surface area contributed by atoms with Crippen molar-refractivity contribution >= 4 is 15.9 Å². The Morgan fingerprint density at radius 1 is 1.29 bits per heavy atom. The molecule has 0 saturated carbocycles. The van der Waals surface area contributed by atoms with Gasteiger partial charge < -0.3 is 4.57 Å². The molecule has 3 rings (SSSR count). The van der Waals surface area contributed by atoms with Crippen LogP contribution in [0.5, 0.6) is 0 Å². The molecule has 0 spiro atoms. The van der Waals surface area contributed by atoms with Crippen molar-refractivity contribution in [3.63, 3.8) is 0 Å². The second kappa shape index (κ2) is 4.30. The maximum Gasteiger partial charge on any atom is 0.112 e. The van der Waals surface area contributed by atoms with Crippen molar-refractivity contribution in [1.29, 1.82) is 0 Å². The van der Waals surface area contributed by atoms with Gasteiger partial charge in [0, 0.05) is 28.7 Å². The van der Waals surface area contributed by atoms with Crippen LogP contribution in [0.2, 0.25) is 0 Å². The summed E-state index contributed by atoms with van der Waals surface area (Å²) in [4.78, 5) is 4.78. The van der Waals surface area contributed by atoms with E-state index < -0.39 is 0 Å². The molecule has 2 aromatic rings. The van der Waals surface area contributed by atoms with Crippen molar-refractivity contribution in [2.45, 2.75) is 32.2 Å². The van der Waals surface area contributed by atoms with Crippen LogP contribution in [0.15, 0.2) is 34.9 Å². The van der Waals surface area contributed by atoms with Gasteiger partial charge in [0.2, 0.25) is 0 Å². The molecule has 1 aromatic carbocycles. The van der Waals surface area contributed by atoms with Gasteiger partial charge in [-0.15, -0.1) is 0 Å². The molecule has 3 heteroatoms. The molecule has 2 nitrogen and oxygen atoms in total. The standard InChI is InChI=1S/C14H15BrN2/c1-10-3-2-8-17-9-13(16-14(10)17)11-4-6-12(15)7-5-11/h4-7,9-10H,2-3,8H2,1H3. The van der Waals surface area contributed by atoms with E-state index in [4.69, 9.17) is 4.98 Å². The summed E-state index contributed by atoms with van der Waals surface area (Å²) in [5.74, 6) is 1.84. The molecule has 0 saturated heterocycles. The fourth-order valence-electron chi connectivity index (χ4n) is 2.46. The van der Waals surface area contributed by atoms with E-state index in [9.17, 15) is 0 Å². The SMILES string of the molecule is CC1CCCn2cc(-c3ccc(Br)cc3)nc21. The maximum absolute atomic E-state index is 4.78. The van der Waals surface area contributed by atoms with Crippen molar-refractivity contribution < 1.29 is 0 Å². The molecular formula is C14H15BrN2. The highest BCUT2D eigenvalue weighted by molar-refractivity contribution is 9.10. The van der Waals surface area contributed by atoms with Gasteiger partial charge in [-0.05, 0) is 25.0 Å². The van der Waals surface area contributed by atoms with Crippen molar-refractivity contribution in [3.8, 4) is 11.3 Å². The Morgan fingerprint density at radius 2 is 2.06 bits per heavy atom. The summed E-state index contributed by atoms with van der Waals surface area (Å²) in [6.07, 6.45) is 4.72. The molecule has 0 aliphatic carbocycles. The Labute approximate surface area is 110 Å². The van der Waals surface area contributed by atoms with Crippen LogP contribution in [-0.2, 0) is 6.54 Å². The monoisotopic (exact) mass is 290 g/mol. The number of nitrogens with zero attached hydrogens (tertiary/aromatic N) is 2. The van der Waals surface area contributed by atoms with E-state index in [1.54, 1.807) is 0 Å². The van der Waals surface area contributed by atoms with Crippen LogP contribution in [-0.4, -0.2) is 9.55 Å². The number of benzene rings is 1. The zero-order valence-corrected chi connectivity index (χ0v) is 11.4. The number of hydrogen-bond acceptors (Lipinski definition) is 1. The normalized spacial score (nSPS) is 19.1. The number of halogens is 1. The summed E-state index contributed by atoms with van der Waals surface area (Å²) >= 11 is 3.46. The molecule has 0 fully saturated rings. The van der Waals surface area contributed by atoms with Gasteiger partial charge in [0.05, 0.1) is 5.69 Å². The molecule has 2 heterocycles. The lowest BCUT2D eigenvalue weighted by atomic mass is 10.0. The Bertz CT molecular complexity index is 528. The van der Waals surface area contributed by atoms with Gasteiger partial charge in [0.1, 0.15) is 5.82 Å². The fourth-order valence-corrected chi connectivity index (χ4v) is 2.72. The highest BCUT2D eigenvalue weighted by atomic mass is 79.9. The Hall–Kier alpha value is -1.09. The zero-order valence-electron chi connectivity index (χ0n) is 9.86. The minimum absolute atomic E-state index is 0.591. The van der Waals surface area contributed by atoms with Crippen molar-refractivity contribution in [2.24, 2.45) is 0 Å². The summed E-state index contributed by atoms with van der Waals surface area (Å²) in [5.41, 5.74) is 2.29. The lowest BCUT2D eigenvalue weighted by molar-refractivity contribution is 0.463. The number of imidazole rings is 1. The van der Waals surface area contributed by atoms with Crippen LogP contribution in [0.25, 0.3) is 11.3 Å². The molecule has 0 amide bonds. The van der Waals surface area contributed by atoms with E-state index >= 15 is 0 Å². The smallest absolute Gasteiger partial charge is 0.112 e. The second-order valence-electron chi connectivity index (χ2n) is 4.73. The van der Waals surface area contributed by atoms with Crippen LogP contribution in [0.3, 0.4) is 0 Å². The molecule has 1 aromatic heterocycles. The molecule has 17 heavy (non-hydrogen) atoms. The van der Waals surface area contributed by atoms with Gasteiger partial charge >= 0.3 is 0 Å². The third kappa shape index (κ3) is 2.04. The lowest BCUT2D eigenvalue weighted by Gasteiger charge is -2.19. The Balaban J connectivity index is 2.02. The Morgan fingerprint density at radius 3 is 2.76 bits per heavy atom. The van der Waals surface area contributed by atoms with Crippen molar-refractivity contribution in [2.75, 3.05) is 0 Å². The summed E-state index contributed by atoms with van der Waals surface area (Å²) in [5, 5.41) is 0. The quantitative estimate of drug-likeness (QED) is 0.769. The fraction of sp³-hybridized carbons (Fsp3) is 0.357. The number of rotatable bonds is 1. The molecule has 88 valence electrons. The topological polar surface area (TPSA) is 17.8 Å². The van der Waals surface area contributed by atoms with Gasteiger partial charge in [-0.1, -0.05) is 35.0 Å². The first-order chi connectivity index (χ1) is 8.24. The average molecular weight is 291 g/mol. The molecule has 1 unspecified atom stereocenters. The van der Waals surface area contributed by atoms with E-state index in [2.05, 4.69) is 57.9 Å². The second-order valence-corrected chi connectivity index (χ2v) is 5.64. The predicted octanol–water partition coefficient (Wildman–Crippen LogP) is 4.21. The molecule has 1 aliphatic heterocycles. The largest absolute Gasteiger partial charge is 0.334 e. The highest BCUT2D eigenvalue weighted by Gasteiger charge is 2.19. The van der Waals surface area contributed by atoms with Gasteiger partial charge in [-0.2, -0.15) is 0 Å². The summed E-state index contributed by atoms with van der Waals surface area (Å²) < 4.78 is 3.42. The molecule has 0 bridgehead atoms. The molecule has 1 aliphatic rings. The zero-order chi connectivity index (χ0) is 11.8. The molecule has 1 atom stereocenters. The van der Waals surface area contributed by atoms with Gasteiger partial charge in [0.15, 0.2) is 0 Å². The molecule has 0 N–H and O–H groups in total. The van der Waals surface area contributed by atoms with Crippen molar-refractivity contribution in [1.82, 2.24) is 9.55 Å². The minimum atomic E-state index is 0.591. The first-order valence-electron chi connectivity index (χ1n) is 6.07. The molecule has 0 radical (unpaired) electrons. The predicted molar refractivity (Wildman–Crippen MR) is 73.0 cm³/mol. The first-order valence-corrected chi connectivity index (χ1v) is 6.86.